The molecule has 0 saturated carbocycles. The molecular formula is C21H21F2NO3. The number of halogens is 2. The van der Waals surface area contributed by atoms with Crippen LogP contribution in [-0.2, 0) is 27.3 Å². The molecule has 0 N–H and O–H groups in total. The van der Waals surface area contributed by atoms with Crippen molar-refractivity contribution >= 4 is 11.8 Å². The molecule has 1 unspecified atom stereocenters. The van der Waals surface area contributed by atoms with E-state index in [9.17, 15) is 18.4 Å². The van der Waals surface area contributed by atoms with Gasteiger partial charge in [0.05, 0.1) is 12.1 Å². The van der Waals surface area contributed by atoms with E-state index in [1.54, 1.807) is 7.11 Å². The number of carbonyl (C=O) groups excluding carboxylic acids is 2. The lowest BCUT2D eigenvalue weighted by Crippen LogP contribution is -2.29. The summed E-state index contributed by atoms with van der Waals surface area (Å²) in [4.78, 5) is 24.2. The fourth-order valence-electron chi connectivity index (χ4n) is 3.11. The van der Waals surface area contributed by atoms with E-state index in [2.05, 4.69) is 0 Å². The Kier molecular flexibility index (Phi) is 5.37. The minimum absolute atomic E-state index is 0.0334. The summed E-state index contributed by atoms with van der Waals surface area (Å²) in [7, 11) is 1.64. The first kappa shape index (κ1) is 19.2. The van der Waals surface area contributed by atoms with Gasteiger partial charge in [-0.2, -0.15) is 0 Å². The average molecular weight is 373 g/mol. The zero-order valence-electron chi connectivity index (χ0n) is 15.3. The first-order valence-electron chi connectivity index (χ1n) is 8.76. The fourth-order valence-corrected chi connectivity index (χ4v) is 3.11. The smallest absolute Gasteiger partial charge is 0.253 e. The predicted octanol–water partition coefficient (Wildman–Crippen LogP) is 3.61. The Bertz CT molecular complexity index is 854. The van der Waals surface area contributed by atoms with Gasteiger partial charge in [0.25, 0.3) is 11.8 Å². The highest BCUT2D eigenvalue weighted by molar-refractivity contribution is 6.12. The van der Waals surface area contributed by atoms with Gasteiger partial charge in [-0.15, -0.1) is 0 Å². The van der Waals surface area contributed by atoms with Crippen LogP contribution in [0.2, 0.25) is 0 Å². The van der Waals surface area contributed by atoms with Gasteiger partial charge in [0.2, 0.25) is 0 Å². The molecule has 0 radical (unpaired) electrons. The molecule has 2 amide bonds. The molecule has 6 heteroatoms. The molecule has 142 valence electrons. The van der Waals surface area contributed by atoms with Crippen LogP contribution in [0.4, 0.5) is 8.78 Å². The number of hydrogen-bond donors (Lipinski definition) is 0. The Labute approximate surface area is 156 Å². The summed E-state index contributed by atoms with van der Waals surface area (Å²) in [5.41, 5.74) is 0.733. The molecule has 1 aliphatic heterocycles. The van der Waals surface area contributed by atoms with Crippen LogP contribution in [0.25, 0.3) is 0 Å². The molecule has 1 atom stereocenters. The molecule has 3 rings (SSSR count). The summed E-state index contributed by atoms with van der Waals surface area (Å²) in [6.45, 7) is 1.76. The van der Waals surface area contributed by atoms with E-state index < -0.39 is 23.4 Å². The van der Waals surface area contributed by atoms with Crippen LogP contribution in [0.15, 0.2) is 48.1 Å². The molecule has 1 aliphatic carbocycles. The summed E-state index contributed by atoms with van der Waals surface area (Å²) in [6, 6.07) is 2.45. The normalized spacial score (nSPS) is 21.9. The zero-order chi connectivity index (χ0) is 19.6. The van der Waals surface area contributed by atoms with Crippen molar-refractivity contribution in [3.8, 4) is 0 Å². The van der Waals surface area contributed by atoms with Crippen LogP contribution in [0.1, 0.15) is 30.9 Å². The van der Waals surface area contributed by atoms with Crippen molar-refractivity contribution in [2.75, 3.05) is 7.11 Å². The minimum atomic E-state index is -0.704. The van der Waals surface area contributed by atoms with E-state index in [4.69, 9.17) is 4.74 Å². The molecule has 1 aromatic rings. The van der Waals surface area contributed by atoms with E-state index in [1.807, 2.05) is 25.2 Å². The summed E-state index contributed by atoms with van der Waals surface area (Å²) in [6.07, 6.45) is 9.52. The number of hydrogen-bond acceptors (Lipinski definition) is 3. The van der Waals surface area contributed by atoms with Crippen molar-refractivity contribution in [1.29, 1.82) is 0 Å². The number of amides is 2. The number of ether oxygens (including phenoxy) is 1. The molecule has 0 fully saturated rings. The quantitative estimate of drug-likeness (QED) is 0.716. The number of allylic oxidation sites excluding steroid dienone is 2. The topological polar surface area (TPSA) is 46.6 Å². The van der Waals surface area contributed by atoms with Crippen molar-refractivity contribution in [1.82, 2.24) is 4.90 Å². The molecular weight excluding hydrogens is 352 g/mol. The number of nitrogens with zero attached hydrogens (tertiary/aromatic N) is 1. The van der Waals surface area contributed by atoms with Gasteiger partial charge in [-0.05, 0) is 32.3 Å². The van der Waals surface area contributed by atoms with Crippen molar-refractivity contribution in [3.05, 3.63) is 70.8 Å². The maximum Gasteiger partial charge on any atom is 0.253 e. The first-order valence-corrected chi connectivity index (χ1v) is 8.76. The lowest BCUT2D eigenvalue weighted by molar-refractivity contribution is -0.137. The standard InChI is InChI=1S/C21H21F2NO3/c1-21(27-2)11-9-14(10-12-21)3-5-16-17(22)6-4-15(20(16)23)13-24-18(25)7-8-19(24)26/h4,6-11H,3,5,12-13H2,1-2H3. The van der Waals surface area contributed by atoms with E-state index >= 15 is 0 Å². The van der Waals surface area contributed by atoms with Crippen LogP contribution in [0, 0.1) is 11.6 Å². The third kappa shape index (κ3) is 4.06. The maximum absolute atomic E-state index is 14.8. The second kappa shape index (κ2) is 7.56. The van der Waals surface area contributed by atoms with Crippen molar-refractivity contribution in [3.63, 3.8) is 0 Å². The third-order valence-electron chi connectivity index (χ3n) is 5.04. The SMILES string of the molecule is COC1(C)C=CC(CCc2c(F)ccc(CN3C(=O)C=CC3=O)c2F)=CC1. The highest BCUT2D eigenvalue weighted by Gasteiger charge is 2.26. The lowest BCUT2D eigenvalue weighted by atomic mass is 9.91. The molecule has 0 bridgehead atoms. The summed E-state index contributed by atoms with van der Waals surface area (Å²) >= 11 is 0. The molecule has 4 nitrogen and oxygen atoms in total. The molecule has 0 spiro atoms. The van der Waals surface area contributed by atoms with Gasteiger partial charge >= 0.3 is 0 Å². The monoisotopic (exact) mass is 373 g/mol. The zero-order valence-corrected chi connectivity index (χ0v) is 15.3. The van der Waals surface area contributed by atoms with E-state index in [0.717, 1.165) is 22.6 Å². The molecule has 0 aromatic heterocycles. The van der Waals surface area contributed by atoms with Crippen LogP contribution >= 0.6 is 0 Å². The second-order valence-electron chi connectivity index (χ2n) is 6.93. The van der Waals surface area contributed by atoms with E-state index in [1.165, 1.54) is 12.1 Å². The maximum atomic E-state index is 14.8. The van der Waals surface area contributed by atoms with Crippen LogP contribution in [-0.4, -0.2) is 29.4 Å². The number of rotatable bonds is 6. The third-order valence-corrected chi connectivity index (χ3v) is 5.04. The van der Waals surface area contributed by atoms with E-state index in [-0.39, 0.29) is 29.7 Å². The first-order chi connectivity index (χ1) is 12.8. The Morgan fingerprint density at radius 1 is 1.11 bits per heavy atom. The van der Waals surface area contributed by atoms with Gasteiger partial charge in [0, 0.05) is 30.4 Å². The van der Waals surface area contributed by atoms with Gasteiger partial charge < -0.3 is 4.74 Å². The number of imide groups is 1. The van der Waals surface area contributed by atoms with Gasteiger partial charge in [0.1, 0.15) is 11.6 Å². The Balaban J connectivity index is 1.72. The van der Waals surface area contributed by atoms with Crippen LogP contribution < -0.4 is 0 Å². The largest absolute Gasteiger partial charge is 0.374 e. The van der Waals surface area contributed by atoms with Crippen molar-refractivity contribution in [2.45, 2.75) is 38.3 Å². The molecule has 2 aliphatic rings. The highest BCUT2D eigenvalue weighted by atomic mass is 19.1. The summed E-state index contributed by atoms with van der Waals surface area (Å²) in [5.74, 6) is -2.33. The molecule has 1 heterocycles. The lowest BCUT2D eigenvalue weighted by Gasteiger charge is -2.26. The Hall–Kier alpha value is -2.60. The number of methoxy groups -OCH3 is 1. The summed E-state index contributed by atoms with van der Waals surface area (Å²) < 4.78 is 34.4. The molecule has 0 saturated heterocycles. The van der Waals surface area contributed by atoms with Crippen molar-refractivity contribution in [2.24, 2.45) is 0 Å². The predicted molar refractivity (Wildman–Crippen MR) is 96.6 cm³/mol. The van der Waals surface area contributed by atoms with Crippen LogP contribution in [0.5, 0.6) is 0 Å². The van der Waals surface area contributed by atoms with Gasteiger partial charge in [-0.25, -0.2) is 8.78 Å². The van der Waals surface area contributed by atoms with Gasteiger partial charge in [0.15, 0.2) is 0 Å². The summed E-state index contributed by atoms with van der Waals surface area (Å²) in [5, 5.41) is 0. The molecule has 27 heavy (non-hydrogen) atoms. The van der Waals surface area contributed by atoms with Crippen molar-refractivity contribution < 1.29 is 23.1 Å². The number of carbonyl (C=O) groups is 2. The van der Waals surface area contributed by atoms with Crippen LogP contribution in [0.3, 0.4) is 0 Å². The number of benzene rings is 1. The minimum Gasteiger partial charge on any atom is -0.374 e. The van der Waals surface area contributed by atoms with Gasteiger partial charge in [-0.1, -0.05) is 29.9 Å². The second-order valence-corrected chi connectivity index (χ2v) is 6.93. The average Bonchev–Trinajstić information content (AvgIpc) is 2.97. The van der Waals surface area contributed by atoms with E-state index in [0.29, 0.717) is 12.8 Å². The molecule has 1 aromatic carbocycles. The van der Waals surface area contributed by atoms with Gasteiger partial charge in [-0.3, -0.25) is 14.5 Å². The Morgan fingerprint density at radius 2 is 1.81 bits per heavy atom. The highest BCUT2D eigenvalue weighted by Crippen LogP contribution is 2.27. The fraction of sp³-hybridized carbons (Fsp3) is 0.333. The Morgan fingerprint density at radius 3 is 2.41 bits per heavy atom.